The van der Waals surface area contributed by atoms with E-state index >= 15 is 0 Å². The Morgan fingerprint density at radius 2 is 1.93 bits per heavy atom. The van der Waals surface area contributed by atoms with E-state index in [1.165, 1.54) is 4.68 Å². The molecule has 1 aromatic heterocycles. The molecule has 0 bridgehead atoms. The van der Waals surface area contributed by atoms with Gasteiger partial charge in [-0.1, -0.05) is 43.7 Å². The van der Waals surface area contributed by atoms with Crippen LogP contribution >= 0.6 is 0 Å². The molecule has 1 saturated carbocycles. The minimum Gasteiger partial charge on any atom is -0.349 e. The number of benzene rings is 1. The van der Waals surface area contributed by atoms with E-state index in [-0.39, 0.29) is 24.4 Å². The van der Waals surface area contributed by atoms with Crippen LogP contribution in [0.25, 0.3) is 0 Å². The second kappa shape index (κ2) is 7.97. The van der Waals surface area contributed by atoms with Gasteiger partial charge in [-0.2, -0.15) is 18.3 Å². The molecule has 0 radical (unpaired) electrons. The van der Waals surface area contributed by atoms with E-state index < -0.39 is 17.8 Å². The average molecular weight is 393 g/mol. The summed E-state index contributed by atoms with van der Waals surface area (Å²) in [6.45, 7) is 5.85. The number of carbonyl (C=O) groups excluding carboxylic acids is 1. The topological polar surface area (TPSA) is 46.9 Å². The fraction of sp³-hybridized carbons (Fsp3) is 0.524. The van der Waals surface area contributed by atoms with Gasteiger partial charge in [0.1, 0.15) is 0 Å². The quantitative estimate of drug-likeness (QED) is 0.720. The highest BCUT2D eigenvalue weighted by Gasteiger charge is 2.38. The number of alkyl halides is 3. The predicted octanol–water partition coefficient (Wildman–Crippen LogP) is 4.99. The molecule has 0 spiro atoms. The molecular formula is C21H26F3N3O. The van der Waals surface area contributed by atoms with Gasteiger partial charge in [0.2, 0.25) is 5.91 Å². The van der Waals surface area contributed by atoms with Crippen LogP contribution < -0.4 is 5.32 Å². The van der Waals surface area contributed by atoms with Gasteiger partial charge >= 0.3 is 6.18 Å². The molecule has 7 heteroatoms. The van der Waals surface area contributed by atoms with Crippen LogP contribution in [-0.2, 0) is 17.5 Å². The van der Waals surface area contributed by atoms with Gasteiger partial charge in [-0.3, -0.25) is 9.48 Å². The van der Waals surface area contributed by atoms with Crippen molar-refractivity contribution in [3.05, 3.63) is 52.8 Å². The van der Waals surface area contributed by atoms with Crippen molar-refractivity contribution >= 4 is 5.91 Å². The summed E-state index contributed by atoms with van der Waals surface area (Å²) in [4.78, 5) is 12.7. The summed E-state index contributed by atoms with van der Waals surface area (Å²) < 4.78 is 40.5. The molecule has 1 aliphatic rings. The van der Waals surface area contributed by atoms with Crippen LogP contribution in [0, 0.1) is 12.8 Å². The molecule has 1 aromatic carbocycles. The maximum atomic E-state index is 13.0. The maximum absolute atomic E-state index is 13.0. The second-order valence-corrected chi connectivity index (χ2v) is 7.69. The highest BCUT2D eigenvalue weighted by Crippen LogP contribution is 2.42. The Labute approximate surface area is 163 Å². The first-order valence-electron chi connectivity index (χ1n) is 9.71. The Bertz CT molecular complexity index is 822. The summed E-state index contributed by atoms with van der Waals surface area (Å²) in [6, 6.07) is 8.98. The number of aryl methyl sites for hydroxylation is 1. The summed E-state index contributed by atoms with van der Waals surface area (Å²) in [5, 5.41) is 6.77. The smallest absolute Gasteiger partial charge is 0.349 e. The lowest BCUT2D eigenvalue weighted by Crippen LogP contribution is -2.34. The van der Waals surface area contributed by atoms with Crippen molar-refractivity contribution in [2.24, 2.45) is 5.92 Å². The summed E-state index contributed by atoms with van der Waals surface area (Å²) in [5.41, 5.74) is 1.86. The number of carbonyl (C=O) groups is 1. The highest BCUT2D eigenvalue weighted by molar-refractivity contribution is 5.78. The number of nitrogens with one attached hydrogen (secondary N) is 1. The van der Waals surface area contributed by atoms with Crippen LogP contribution in [0.5, 0.6) is 0 Å². The van der Waals surface area contributed by atoms with Gasteiger partial charge in [0.05, 0.1) is 18.5 Å². The van der Waals surface area contributed by atoms with E-state index in [1.54, 1.807) is 6.92 Å². The van der Waals surface area contributed by atoms with Crippen molar-refractivity contribution in [1.82, 2.24) is 15.1 Å². The van der Waals surface area contributed by atoms with E-state index in [0.29, 0.717) is 5.69 Å². The van der Waals surface area contributed by atoms with Gasteiger partial charge in [-0.25, -0.2) is 0 Å². The summed E-state index contributed by atoms with van der Waals surface area (Å²) in [6.07, 6.45) is -2.00. The van der Waals surface area contributed by atoms with Gasteiger partial charge in [0, 0.05) is 11.6 Å². The van der Waals surface area contributed by atoms with Gasteiger partial charge in [0.15, 0.2) is 5.69 Å². The number of hydrogen-bond donors (Lipinski definition) is 1. The molecule has 2 atom stereocenters. The van der Waals surface area contributed by atoms with Crippen LogP contribution in [0.1, 0.15) is 67.6 Å². The number of rotatable bonds is 7. The van der Waals surface area contributed by atoms with Gasteiger partial charge in [-0.15, -0.1) is 0 Å². The first-order chi connectivity index (χ1) is 13.2. The Kier molecular flexibility index (Phi) is 5.82. The molecule has 1 aliphatic carbocycles. The summed E-state index contributed by atoms with van der Waals surface area (Å²) in [7, 11) is 0. The van der Waals surface area contributed by atoms with E-state index in [9.17, 15) is 18.0 Å². The fourth-order valence-electron chi connectivity index (χ4n) is 3.30. The zero-order chi connectivity index (χ0) is 20.5. The standard InChI is InChI=1S/C21H26F3N3O/c1-4-17(15-7-5-13(2)6-8-15)25-20(28)14(3)12-27-18(16-9-10-16)11-19(26-27)21(22,23)24/h5-8,11,14,16-17H,4,9-10,12H2,1-3H3,(H,25,28). The molecule has 2 unspecified atom stereocenters. The predicted molar refractivity (Wildman–Crippen MR) is 101 cm³/mol. The third-order valence-corrected chi connectivity index (χ3v) is 5.20. The van der Waals surface area contributed by atoms with Crippen molar-refractivity contribution in [1.29, 1.82) is 0 Å². The molecule has 2 aromatic rings. The van der Waals surface area contributed by atoms with Crippen molar-refractivity contribution < 1.29 is 18.0 Å². The average Bonchev–Trinajstić information content (AvgIpc) is 3.39. The second-order valence-electron chi connectivity index (χ2n) is 7.69. The van der Waals surface area contributed by atoms with Crippen LogP contribution in [0.15, 0.2) is 30.3 Å². The summed E-state index contributed by atoms with van der Waals surface area (Å²) in [5.74, 6) is -0.550. The lowest BCUT2D eigenvalue weighted by molar-refractivity contribution is -0.141. The zero-order valence-corrected chi connectivity index (χ0v) is 16.4. The molecule has 1 fully saturated rings. The minimum atomic E-state index is -4.47. The third-order valence-electron chi connectivity index (χ3n) is 5.20. The Hall–Kier alpha value is -2.31. The van der Waals surface area contributed by atoms with Gasteiger partial charge in [-0.05, 0) is 37.8 Å². The first kappa shape index (κ1) is 20.4. The van der Waals surface area contributed by atoms with Crippen molar-refractivity contribution in [2.75, 3.05) is 0 Å². The molecular weight excluding hydrogens is 367 g/mol. The largest absolute Gasteiger partial charge is 0.435 e. The lowest BCUT2D eigenvalue weighted by Gasteiger charge is -2.21. The number of hydrogen-bond acceptors (Lipinski definition) is 2. The molecule has 28 heavy (non-hydrogen) atoms. The fourth-order valence-corrected chi connectivity index (χ4v) is 3.30. The molecule has 152 valence electrons. The molecule has 1 N–H and O–H groups in total. The van der Waals surface area contributed by atoms with Crippen molar-refractivity contribution in [3.63, 3.8) is 0 Å². The first-order valence-corrected chi connectivity index (χ1v) is 9.71. The molecule has 4 nitrogen and oxygen atoms in total. The van der Waals surface area contributed by atoms with Crippen LogP contribution in [0.2, 0.25) is 0 Å². The van der Waals surface area contributed by atoms with E-state index in [2.05, 4.69) is 10.4 Å². The number of nitrogens with zero attached hydrogens (tertiary/aromatic N) is 2. The molecule has 0 saturated heterocycles. The monoisotopic (exact) mass is 393 g/mol. The zero-order valence-electron chi connectivity index (χ0n) is 16.4. The van der Waals surface area contributed by atoms with Crippen molar-refractivity contribution in [2.45, 2.75) is 64.7 Å². The lowest BCUT2D eigenvalue weighted by atomic mass is 10.0. The van der Waals surface area contributed by atoms with E-state index in [4.69, 9.17) is 0 Å². The normalized spacial score (nSPS) is 16.6. The van der Waals surface area contributed by atoms with Crippen molar-refractivity contribution in [3.8, 4) is 0 Å². The molecule has 1 heterocycles. The Morgan fingerprint density at radius 3 is 2.46 bits per heavy atom. The van der Waals surface area contributed by atoms with E-state index in [1.807, 2.05) is 38.1 Å². The summed E-state index contributed by atoms with van der Waals surface area (Å²) >= 11 is 0. The van der Waals surface area contributed by atoms with Crippen LogP contribution in [0.4, 0.5) is 13.2 Å². The number of halogens is 3. The SMILES string of the molecule is CCC(NC(=O)C(C)Cn1nc(C(F)(F)F)cc1C1CC1)c1ccc(C)cc1. The maximum Gasteiger partial charge on any atom is 0.435 e. The van der Waals surface area contributed by atoms with Crippen LogP contribution in [-0.4, -0.2) is 15.7 Å². The molecule has 0 aliphatic heterocycles. The number of amides is 1. The van der Waals surface area contributed by atoms with E-state index in [0.717, 1.165) is 36.5 Å². The Morgan fingerprint density at radius 1 is 1.29 bits per heavy atom. The van der Waals surface area contributed by atoms with Crippen LogP contribution in [0.3, 0.4) is 0 Å². The molecule has 1 amide bonds. The highest BCUT2D eigenvalue weighted by atomic mass is 19.4. The van der Waals surface area contributed by atoms with Gasteiger partial charge in [0.25, 0.3) is 0 Å². The minimum absolute atomic E-state index is 0.120. The number of aromatic nitrogens is 2. The van der Waals surface area contributed by atoms with Gasteiger partial charge < -0.3 is 5.32 Å². The Balaban J connectivity index is 1.70. The molecule has 3 rings (SSSR count). The third kappa shape index (κ3) is 4.75.